The van der Waals surface area contributed by atoms with E-state index in [1.807, 2.05) is 18.2 Å². The molecule has 0 atom stereocenters. The zero-order chi connectivity index (χ0) is 20.8. The molecule has 0 N–H and O–H groups in total. The first-order valence-electron chi connectivity index (χ1n) is 10.4. The van der Waals surface area contributed by atoms with Gasteiger partial charge in [0.2, 0.25) is 0 Å². The van der Waals surface area contributed by atoms with Crippen molar-refractivity contribution in [3.8, 4) is 0 Å². The second kappa shape index (κ2) is 10.0. The molecule has 0 bridgehead atoms. The van der Waals surface area contributed by atoms with Gasteiger partial charge in [-0.25, -0.2) is 4.79 Å². The van der Waals surface area contributed by atoms with Gasteiger partial charge in [-0.15, -0.1) is 11.3 Å². The lowest BCUT2D eigenvalue weighted by Gasteiger charge is -2.34. The first-order valence-corrected chi connectivity index (χ1v) is 11.2. The number of benzene rings is 2. The van der Waals surface area contributed by atoms with Gasteiger partial charge in [-0.3, -0.25) is 4.90 Å². The van der Waals surface area contributed by atoms with Gasteiger partial charge in [0.15, 0.2) is 0 Å². The quantitative estimate of drug-likeness (QED) is 0.485. The first kappa shape index (κ1) is 20.8. The summed E-state index contributed by atoms with van der Waals surface area (Å²) in [6.45, 7) is 2.84. The van der Waals surface area contributed by atoms with Crippen molar-refractivity contribution >= 4 is 17.3 Å². The van der Waals surface area contributed by atoms with Crippen LogP contribution in [-0.2, 0) is 16.0 Å². The summed E-state index contributed by atoms with van der Waals surface area (Å²) in [5.74, 6) is -0.258. The number of piperidine rings is 1. The molecule has 1 saturated heterocycles. The van der Waals surface area contributed by atoms with Crippen molar-refractivity contribution in [2.75, 3.05) is 20.2 Å². The van der Waals surface area contributed by atoms with Crippen LogP contribution in [0.25, 0.3) is 0 Å². The highest BCUT2D eigenvalue weighted by molar-refractivity contribution is 7.12. The van der Waals surface area contributed by atoms with Crippen LogP contribution in [0, 0.1) is 0 Å². The van der Waals surface area contributed by atoms with Crippen LogP contribution in [-0.4, -0.2) is 37.2 Å². The molecule has 0 amide bonds. The number of hydrogen-bond donors (Lipinski definition) is 0. The first-order chi connectivity index (χ1) is 14.7. The van der Waals surface area contributed by atoms with Crippen molar-refractivity contribution in [2.45, 2.75) is 31.6 Å². The Morgan fingerprint density at radius 1 is 1.03 bits per heavy atom. The fourth-order valence-corrected chi connectivity index (χ4v) is 4.75. The average Bonchev–Trinajstić information content (AvgIpc) is 3.27. The third-order valence-corrected chi connectivity index (χ3v) is 6.47. The normalized spacial score (nSPS) is 15.4. The van der Waals surface area contributed by atoms with Crippen molar-refractivity contribution in [3.05, 3.63) is 93.7 Å². The summed E-state index contributed by atoms with van der Waals surface area (Å²) in [5, 5.41) is 2.05. The van der Waals surface area contributed by atoms with Crippen LogP contribution >= 0.6 is 11.3 Å². The van der Waals surface area contributed by atoms with Crippen LogP contribution in [0.1, 0.15) is 45.3 Å². The van der Waals surface area contributed by atoms with Gasteiger partial charge in [0.25, 0.3) is 0 Å². The SMILES string of the molecule is COC(=O)c1cc(CN2CCC(OC(c3ccccc3)c3ccccc3)CC2)cs1. The maximum atomic E-state index is 11.7. The topological polar surface area (TPSA) is 38.8 Å². The van der Waals surface area contributed by atoms with Crippen molar-refractivity contribution in [1.29, 1.82) is 0 Å². The Morgan fingerprint density at radius 3 is 2.20 bits per heavy atom. The minimum Gasteiger partial charge on any atom is -0.465 e. The standard InChI is InChI=1S/C25H27NO3S/c1-28-25(27)23-16-19(18-30-23)17-26-14-12-22(13-15-26)29-24(20-8-4-2-5-9-20)21-10-6-3-7-11-21/h2-11,16,18,22,24H,12-15,17H2,1H3. The minimum atomic E-state index is -0.258. The van der Waals surface area contributed by atoms with E-state index in [4.69, 9.17) is 9.47 Å². The lowest BCUT2D eigenvalue weighted by atomic mass is 10.00. The molecule has 3 aromatic rings. The Kier molecular flexibility index (Phi) is 6.95. The van der Waals surface area contributed by atoms with Crippen LogP contribution in [0.5, 0.6) is 0 Å². The van der Waals surface area contributed by atoms with E-state index in [0.29, 0.717) is 4.88 Å². The molecule has 1 aromatic heterocycles. The van der Waals surface area contributed by atoms with Crippen LogP contribution in [0.15, 0.2) is 72.1 Å². The molecule has 1 aliphatic heterocycles. The van der Waals surface area contributed by atoms with Crippen LogP contribution in [0.3, 0.4) is 0 Å². The number of ether oxygens (including phenoxy) is 2. The summed E-state index contributed by atoms with van der Waals surface area (Å²) in [7, 11) is 1.42. The van der Waals surface area contributed by atoms with E-state index in [2.05, 4.69) is 58.8 Å². The average molecular weight is 422 g/mol. The number of hydrogen-bond acceptors (Lipinski definition) is 5. The van der Waals surface area contributed by atoms with Gasteiger partial charge in [0.1, 0.15) is 11.0 Å². The van der Waals surface area contributed by atoms with Gasteiger partial charge >= 0.3 is 5.97 Å². The summed E-state index contributed by atoms with van der Waals surface area (Å²) in [5.41, 5.74) is 3.56. The number of methoxy groups -OCH3 is 1. The molecule has 2 aromatic carbocycles. The van der Waals surface area contributed by atoms with Crippen molar-refractivity contribution in [3.63, 3.8) is 0 Å². The van der Waals surface area contributed by atoms with E-state index in [1.54, 1.807) is 0 Å². The molecule has 2 heterocycles. The summed E-state index contributed by atoms with van der Waals surface area (Å²) in [4.78, 5) is 14.8. The molecular formula is C25H27NO3S. The Morgan fingerprint density at radius 2 is 1.63 bits per heavy atom. The Balaban J connectivity index is 1.36. The third-order valence-electron chi connectivity index (χ3n) is 5.51. The van der Waals surface area contributed by atoms with E-state index in [0.717, 1.165) is 32.5 Å². The van der Waals surface area contributed by atoms with Crippen molar-refractivity contribution in [2.24, 2.45) is 0 Å². The molecule has 4 rings (SSSR count). The zero-order valence-electron chi connectivity index (χ0n) is 17.2. The molecule has 0 unspecified atom stereocenters. The number of esters is 1. The number of likely N-dealkylation sites (tertiary alicyclic amines) is 1. The number of thiophene rings is 1. The lowest BCUT2D eigenvalue weighted by Crippen LogP contribution is -2.37. The van der Waals surface area contributed by atoms with E-state index in [1.165, 1.54) is 35.1 Å². The Labute approximate surface area is 182 Å². The summed E-state index contributed by atoms with van der Waals surface area (Å²) in [6.07, 6.45) is 2.21. The molecule has 0 radical (unpaired) electrons. The molecule has 4 nitrogen and oxygen atoms in total. The molecule has 30 heavy (non-hydrogen) atoms. The second-order valence-corrected chi connectivity index (χ2v) is 8.54. The lowest BCUT2D eigenvalue weighted by molar-refractivity contribution is -0.0281. The highest BCUT2D eigenvalue weighted by Gasteiger charge is 2.25. The van der Waals surface area contributed by atoms with Gasteiger partial charge < -0.3 is 9.47 Å². The van der Waals surface area contributed by atoms with Crippen molar-refractivity contribution in [1.82, 2.24) is 4.90 Å². The van der Waals surface area contributed by atoms with Gasteiger partial charge in [0.05, 0.1) is 13.2 Å². The largest absolute Gasteiger partial charge is 0.465 e. The Hall–Kier alpha value is -2.47. The second-order valence-electron chi connectivity index (χ2n) is 7.62. The number of carbonyl (C=O) groups excluding carboxylic acids is 1. The van der Waals surface area contributed by atoms with Crippen LogP contribution in [0.2, 0.25) is 0 Å². The van der Waals surface area contributed by atoms with E-state index >= 15 is 0 Å². The third kappa shape index (κ3) is 5.17. The van der Waals surface area contributed by atoms with Gasteiger partial charge in [0, 0.05) is 19.6 Å². The highest BCUT2D eigenvalue weighted by atomic mass is 32.1. The van der Waals surface area contributed by atoms with Crippen LogP contribution in [0.4, 0.5) is 0 Å². The van der Waals surface area contributed by atoms with Gasteiger partial charge in [-0.1, -0.05) is 60.7 Å². The maximum Gasteiger partial charge on any atom is 0.348 e. The van der Waals surface area contributed by atoms with E-state index < -0.39 is 0 Å². The summed E-state index contributed by atoms with van der Waals surface area (Å²) < 4.78 is 11.4. The molecule has 1 aliphatic rings. The fourth-order valence-electron chi connectivity index (χ4n) is 3.93. The fraction of sp³-hybridized carbons (Fsp3) is 0.320. The summed E-state index contributed by atoms with van der Waals surface area (Å²) >= 11 is 1.45. The zero-order valence-corrected chi connectivity index (χ0v) is 18.0. The molecule has 0 aliphatic carbocycles. The van der Waals surface area contributed by atoms with Crippen LogP contribution < -0.4 is 0 Å². The molecule has 5 heteroatoms. The maximum absolute atomic E-state index is 11.7. The molecular weight excluding hydrogens is 394 g/mol. The molecule has 0 spiro atoms. The number of rotatable bonds is 7. The predicted octanol–water partition coefficient (Wildman–Crippen LogP) is 5.31. The minimum absolute atomic E-state index is 0.0385. The van der Waals surface area contributed by atoms with Crippen molar-refractivity contribution < 1.29 is 14.3 Å². The Bertz CT molecular complexity index is 894. The molecule has 1 fully saturated rings. The molecule has 0 saturated carbocycles. The predicted molar refractivity (Wildman–Crippen MR) is 120 cm³/mol. The monoisotopic (exact) mass is 421 g/mol. The van der Waals surface area contributed by atoms with E-state index in [9.17, 15) is 4.79 Å². The smallest absolute Gasteiger partial charge is 0.348 e. The summed E-state index contributed by atoms with van der Waals surface area (Å²) in [6, 6.07) is 22.9. The number of carbonyl (C=O) groups is 1. The number of nitrogens with zero attached hydrogens (tertiary/aromatic N) is 1. The van der Waals surface area contributed by atoms with Gasteiger partial charge in [-0.2, -0.15) is 0 Å². The van der Waals surface area contributed by atoms with E-state index in [-0.39, 0.29) is 18.2 Å². The highest BCUT2D eigenvalue weighted by Crippen LogP contribution is 2.30. The van der Waals surface area contributed by atoms with Gasteiger partial charge in [-0.05, 0) is 41.0 Å². The molecule has 156 valence electrons.